The van der Waals surface area contributed by atoms with Crippen molar-refractivity contribution in [3.63, 3.8) is 0 Å². The van der Waals surface area contributed by atoms with Crippen molar-refractivity contribution < 1.29 is 4.74 Å². The molecule has 0 amide bonds. The summed E-state index contributed by atoms with van der Waals surface area (Å²) in [7, 11) is 0. The molecule has 0 aliphatic rings. The number of rotatable bonds is 8. The number of benzene rings is 2. The number of halogens is 2. The normalized spacial score (nSPS) is 10.5. The molecule has 1 N–H and O–H groups in total. The third-order valence-corrected chi connectivity index (χ3v) is 4.13. The molecule has 3 rings (SSSR count). The van der Waals surface area contributed by atoms with Gasteiger partial charge in [0.05, 0.1) is 16.6 Å². The van der Waals surface area contributed by atoms with Gasteiger partial charge in [0.1, 0.15) is 6.61 Å². The second-order valence-corrected chi connectivity index (χ2v) is 6.30. The number of tetrazole rings is 1. The van der Waals surface area contributed by atoms with Gasteiger partial charge in [0, 0.05) is 6.54 Å². The maximum atomic E-state index is 6.35. The van der Waals surface area contributed by atoms with Gasteiger partial charge in [-0.1, -0.05) is 64.7 Å². The summed E-state index contributed by atoms with van der Waals surface area (Å²) >= 11 is 12.7. The maximum absolute atomic E-state index is 6.35. The quantitative estimate of drug-likeness (QED) is 0.579. The maximum Gasteiger partial charge on any atom is 0.243 e. The van der Waals surface area contributed by atoms with E-state index in [2.05, 4.69) is 27.4 Å². The van der Waals surface area contributed by atoms with Crippen LogP contribution in [0, 0.1) is 0 Å². The molecular formula is C18H17Cl2N5O. The van der Waals surface area contributed by atoms with Crippen molar-refractivity contribution in [1.29, 1.82) is 0 Å². The molecular weight excluding hydrogens is 373 g/mol. The number of nitrogens with one attached hydrogen (secondary N) is 1. The molecule has 0 unspecified atom stereocenters. The summed E-state index contributed by atoms with van der Waals surface area (Å²) in [6.45, 7) is 5.06. The third-order valence-electron chi connectivity index (χ3n) is 3.57. The van der Waals surface area contributed by atoms with Crippen LogP contribution in [0.3, 0.4) is 0 Å². The number of hydrogen-bond acceptors (Lipinski definition) is 5. The predicted octanol–water partition coefficient (Wildman–Crippen LogP) is 4.36. The highest BCUT2D eigenvalue weighted by molar-refractivity contribution is 6.37. The van der Waals surface area contributed by atoms with E-state index in [9.17, 15) is 0 Å². The minimum absolute atomic E-state index is 0.397. The molecule has 1 heterocycles. The van der Waals surface area contributed by atoms with Crippen LogP contribution in [-0.4, -0.2) is 20.2 Å². The topological polar surface area (TPSA) is 64.9 Å². The van der Waals surface area contributed by atoms with E-state index in [0.717, 1.165) is 11.1 Å². The molecule has 0 radical (unpaired) electrons. The molecule has 0 fully saturated rings. The molecule has 134 valence electrons. The summed E-state index contributed by atoms with van der Waals surface area (Å²) in [4.78, 5) is 0. The fourth-order valence-corrected chi connectivity index (χ4v) is 2.98. The van der Waals surface area contributed by atoms with Gasteiger partial charge in [0.15, 0.2) is 5.75 Å². The van der Waals surface area contributed by atoms with Gasteiger partial charge in [0.25, 0.3) is 0 Å². The van der Waals surface area contributed by atoms with E-state index in [-0.39, 0.29) is 0 Å². The highest BCUT2D eigenvalue weighted by atomic mass is 35.5. The van der Waals surface area contributed by atoms with Crippen LogP contribution in [0.4, 0.5) is 5.95 Å². The minimum Gasteiger partial charge on any atom is -0.486 e. The van der Waals surface area contributed by atoms with Gasteiger partial charge in [0.2, 0.25) is 5.95 Å². The number of ether oxygens (including phenoxy) is 1. The fraction of sp³-hybridized carbons (Fsp3) is 0.167. The summed E-state index contributed by atoms with van der Waals surface area (Å²) in [6, 6.07) is 13.4. The zero-order chi connectivity index (χ0) is 18.4. The SMILES string of the molecule is C=CCn1nnnc1NCc1cc(Cl)c(OCc2ccccc2)c(Cl)c1. The summed E-state index contributed by atoms with van der Waals surface area (Å²) in [6.07, 6.45) is 1.72. The summed E-state index contributed by atoms with van der Waals surface area (Å²) < 4.78 is 7.38. The number of hydrogen-bond donors (Lipinski definition) is 1. The zero-order valence-corrected chi connectivity index (χ0v) is 15.4. The largest absolute Gasteiger partial charge is 0.486 e. The Labute approximate surface area is 161 Å². The van der Waals surface area contributed by atoms with Gasteiger partial charge in [-0.15, -0.1) is 6.58 Å². The number of nitrogens with zero attached hydrogens (tertiary/aromatic N) is 4. The van der Waals surface area contributed by atoms with Crippen LogP contribution in [0.5, 0.6) is 5.75 Å². The Morgan fingerprint density at radius 3 is 2.54 bits per heavy atom. The molecule has 1 aromatic heterocycles. The van der Waals surface area contributed by atoms with Crippen molar-refractivity contribution >= 4 is 29.2 Å². The first-order valence-corrected chi connectivity index (χ1v) is 8.68. The Bertz CT molecular complexity index is 859. The van der Waals surface area contributed by atoms with Crippen LogP contribution in [0.25, 0.3) is 0 Å². The van der Waals surface area contributed by atoms with Crippen LogP contribution in [0.15, 0.2) is 55.1 Å². The van der Waals surface area contributed by atoms with E-state index < -0.39 is 0 Å². The van der Waals surface area contributed by atoms with Crippen molar-refractivity contribution in [2.24, 2.45) is 0 Å². The van der Waals surface area contributed by atoms with Gasteiger partial charge in [-0.2, -0.15) is 0 Å². The van der Waals surface area contributed by atoms with Gasteiger partial charge >= 0.3 is 0 Å². The molecule has 0 bridgehead atoms. The van der Waals surface area contributed by atoms with Crippen molar-refractivity contribution in [3.05, 3.63) is 76.3 Å². The smallest absolute Gasteiger partial charge is 0.243 e. The molecule has 0 aliphatic carbocycles. The van der Waals surface area contributed by atoms with E-state index in [1.807, 2.05) is 42.5 Å². The van der Waals surface area contributed by atoms with Crippen LogP contribution in [0.1, 0.15) is 11.1 Å². The molecule has 0 saturated carbocycles. The summed E-state index contributed by atoms with van der Waals surface area (Å²) in [5.41, 5.74) is 1.93. The molecule has 6 nitrogen and oxygen atoms in total. The van der Waals surface area contributed by atoms with Crippen molar-refractivity contribution in [2.45, 2.75) is 19.7 Å². The first kappa shape index (κ1) is 18.2. The van der Waals surface area contributed by atoms with E-state index >= 15 is 0 Å². The molecule has 26 heavy (non-hydrogen) atoms. The van der Waals surface area contributed by atoms with Crippen LogP contribution in [-0.2, 0) is 19.7 Å². The Hall–Kier alpha value is -2.57. The Morgan fingerprint density at radius 1 is 1.12 bits per heavy atom. The Kier molecular flexibility index (Phi) is 6.09. The number of allylic oxidation sites excluding steroid dienone is 1. The predicted molar refractivity (Wildman–Crippen MR) is 103 cm³/mol. The van der Waals surface area contributed by atoms with Crippen molar-refractivity contribution in [1.82, 2.24) is 20.2 Å². The number of anilines is 1. The Morgan fingerprint density at radius 2 is 1.85 bits per heavy atom. The van der Waals surface area contributed by atoms with E-state index in [1.165, 1.54) is 0 Å². The lowest BCUT2D eigenvalue weighted by Crippen LogP contribution is -2.08. The third kappa shape index (κ3) is 4.53. The Balaban J connectivity index is 1.66. The lowest BCUT2D eigenvalue weighted by Gasteiger charge is -2.12. The average molecular weight is 390 g/mol. The van der Waals surface area contributed by atoms with Crippen LogP contribution in [0.2, 0.25) is 10.0 Å². The van der Waals surface area contributed by atoms with Crippen LogP contribution >= 0.6 is 23.2 Å². The minimum atomic E-state index is 0.397. The fourth-order valence-electron chi connectivity index (χ4n) is 2.34. The van der Waals surface area contributed by atoms with Crippen LogP contribution < -0.4 is 10.1 Å². The summed E-state index contributed by atoms with van der Waals surface area (Å²) in [5, 5.41) is 15.5. The number of aromatic nitrogens is 4. The first-order chi connectivity index (χ1) is 12.7. The second-order valence-electron chi connectivity index (χ2n) is 5.49. The first-order valence-electron chi connectivity index (χ1n) is 7.93. The highest BCUT2D eigenvalue weighted by Crippen LogP contribution is 2.35. The van der Waals surface area contributed by atoms with E-state index in [1.54, 1.807) is 10.8 Å². The van der Waals surface area contributed by atoms with Crippen molar-refractivity contribution in [2.75, 3.05) is 5.32 Å². The molecule has 0 atom stereocenters. The van der Waals surface area contributed by atoms with Gasteiger partial charge in [-0.3, -0.25) is 0 Å². The second kappa shape index (κ2) is 8.69. The molecule has 2 aromatic carbocycles. The van der Waals surface area contributed by atoms with E-state index in [0.29, 0.717) is 41.4 Å². The molecule has 0 spiro atoms. The molecule has 8 heteroatoms. The summed E-state index contributed by atoms with van der Waals surface area (Å²) in [5.74, 6) is 1.01. The standard InChI is InChI=1S/C18H17Cl2N5O/c1-2-8-25-18(22-23-24-25)21-11-14-9-15(19)17(16(20)10-14)26-12-13-6-4-3-5-7-13/h2-7,9-10H,1,8,11-12H2,(H,21,22,24). The average Bonchev–Trinajstić information content (AvgIpc) is 3.08. The molecule has 0 aliphatic heterocycles. The molecule has 0 saturated heterocycles. The van der Waals surface area contributed by atoms with Gasteiger partial charge in [-0.25, -0.2) is 4.68 Å². The van der Waals surface area contributed by atoms with E-state index in [4.69, 9.17) is 27.9 Å². The highest BCUT2D eigenvalue weighted by Gasteiger charge is 2.11. The van der Waals surface area contributed by atoms with Gasteiger partial charge in [-0.05, 0) is 33.7 Å². The monoisotopic (exact) mass is 389 g/mol. The lowest BCUT2D eigenvalue weighted by molar-refractivity contribution is 0.306. The van der Waals surface area contributed by atoms with Gasteiger partial charge < -0.3 is 10.1 Å². The molecule has 3 aromatic rings. The lowest BCUT2D eigenvalue weighted by atomic mass is 10.2. The zero-order valence-electron chi connectivity index (χ0n) is 13.9. The van der Waals surface area contributed by atoms with Crippen molar-refractivity contribution in [3.8, 4) is 5.75 Å².